The van der Waals surface area contributed by atoms with Gasteiger partial charge in [-0.3, -0.25) is 13.9 Å². The maximum Gasteiger partial charge on any atom is 0.264 e. The molecule has 7 nitrogen and oxygen atoms in total. The summed E-state index contributed by atoms with van der Waals surface area (Å²) >= 11 is 16.1. The summed E-state index contributed by atoms with van der Waals surface area (Å²) in [5.41, 5.74) is 1.64. The van der Waals surface area contributed by atoms with E-state index in [0.717, 1.165) is 9.87 Å². The Bertz CT molecular complexity index is 1400. The fourth-order valence-electron chi connectivity index (χ4n) is 3.76. The van der Waals surface area contributed by atoms with Crippen molar-refractivity contribution < 1.29 is 18.0 Å². The molecule has 0 aliphatic heterocycles. The van der Waals surface area contributed by atoms with E-state index in [1.807, 2.05) is 6.92 Å². The quantitative estimate of drug-likeness (QED) is 0.303. The molecule has 11 heteroatoms. The molecule has 38 heavy (non-hydrogen) atoms. The van der Waals surface area contributed by atoms with Crippen LogP contribution in [0.15, 0.2) is 76.1 Å². The molecule has 0 heterocycles. The van der Waals surface area contributed by atoms with E-state index in [4.69, 9.17) is 23.2 Å². The third-order valence-corrected chi connectivity index (χ3v) is 8.88. The molecule has 1 N–H and O–H groups in total. The predicted molar refractivity (Wildman–Crippen MR) is 155 cm³/mol. The van der Waals surface area contributed by atoms with E-state index in [-0.39, 0.29) is 23.0 Å². The summed E-state index contributed by atoms with van der Waals surface area (Å²) in [4.78, 5) is 28.0. The zero-order valence-electron chi connectivity index (χ0n) is 21.1. The molecule has 202 valence electrons. The lowest BCUT2D eigenvalue weighted by Crippen LogP contribution is -2.51. The highest BCUT2D eigenvalue weighted by Gasteiger charge is 2.33. The molecule has 0 fully saturated rings. The van der Waals surface area contributed by atoms with E-state index in [9.17, 15) is 18.0 Å². The van der Waals surface area contributed by atoms with Gasteiger partial charge < -0.3 is 10.2 Å². The summed E-state index contributed by atoms with van der Waals surface area (Å²) in [5, 5.41) is 3.37. The number of carbonyl (C=O) groups excluding carboxylic acids is 2. The summed E-state index contributed by atoms with van der Waals surface area (Å²) < 4.78 is 29.3. The Morgan fingerprint density at radius 3 is 2.18 bits per heavy atom. The fourth-order valence-corrected chi connectivity index (χ4v) is 6.07. The van der Waals surface area contributed by atoms with Crippen LogP contribution in [0.2, 0.25) is 10.0 Å². The van der Waals surface area contributed by atoms with E-state index >= 15 is 0 Å². The van der Waals surface area contributed by atoms with Crippen LogP contribution in [0.3, 0.4) is 0 Å². The van der Waals surface area contributed by atoms with Crippen LogP contribution in [0, 0.1) is 6.92 Å². The largest absolute Gasteiger partial charge is 0.355 e. The molecule has 0 aliphatic carbocycles. The molecule has 0 unspecified atom stereocenters. The number of hydrogen-bond donors (Lipinski definition) is 1. The van der Waals surface area contributed by atoms with Crippen molar-refractivity contribution in [2.45, 2.75) is 38.3 Å². The second-order valence-corrected chi connectivity index (χ2v) is 12.2. The summed E-state index contributed by atoms with van der Waals surface area (Å²) in [6, 6.07) is 17.1. The topological polar surface area (TPSA) is 86.8 Å². The molecule has 0 spiro atoms. The number of sulfonamides is 1. The second-order valence-electron chi connectivity index (χ2n) is 8.60. The fraction of sp³-hybridized carbons (Fsp3) is 0.259. The van der Waals surface area contributed by atoms with Gasteiger partial charge in [-0.25, -0.2) is 8.42 Å². The average molecular weight is 641 g/mol. The first-order valence-electron chi connectivity index (χ1n) is 11.8. The highest BCUT2D eigenvalue weighted by Crippen LogP contribution is 2.29. The lowest BCUT2D eigenvalue weighted by molar-refractivity contribution is -0.139. The van der Waals surface area contributed by atoms with Crippen LogP contribution < -0.4 is 9.62 Å². The van der Waals surface area contributed by atoms with Crippen LogP contribution in [-0.2, 0) is 26.2 Å². The number of likely N-dealkylation sites (N-methyl/N-ethyl adjacent to an activating group) is 1. The molecule has 0 radical (unpaired) electrons. The smallest absolute Gasteiger partial charge is 0.264 e. The Labute approximate surface area is 241 Å². The van der Waals surface area contributed by atoms with E-state index < -0.39 is 28.5 Å². The third-order valence-electron chi connectivity index (χ3n) is 5.89. The molecule has 0 saturated heterocycles. The van der Waals surface area contributed by atoms with Gasteiger partial charge in [0.2, 0.25) is 11.8 Å². The van der Waals surface area contributed by atoms with E-state index in [1.54, 1.807) is 68.4 Å². The average Bonchev–Trinajstić information content (AvgIpc) is 2.87. The van der Waals surface area contributed by atoms with Crippen molar-refractivity contribution in [1.82, 2.24) is 10.2 Å². The molecular weight excluding hydrogens is 613 g/mol. The minimum absolute atomic E-state index is 0.0355. The maximum atomic E-state index is 13.9. The maximum absolute atomic E-state index is 13.9. The first-order chi connectivity index (χ1) is 17.9. The predicted octanol–water partition coefficient (Wildman–Crippen LogP) is 5.81. The van der Waals surface area contributed by atoms with Gasteiger partial charge in [0, 0.05) is 33.2 Å². The van der Waals surface area contributed by atoms with Crippen molar-refractivity contribution in [1.29, 1.82) is 0 Å². The van der Waals surface area contributed by atoms with Gasteiger partial charge in [-0.05, 0) is 63.2 Å². The van der Waals surface area contributed by atoms with Crippen molar-refractivity contribution in [3.8, 4) is 0 Å². The van der Waals surface area contributed by atoms with E-state index in [0.29, 0.717) is 26.6 Å². The number of rotatable bonds is 10. The monoisotopic (exact) mass is 639 g/mol. The van der Waals surface area contributed by atoms with Gasteiger partial charge in [-0.1, -0.05) is 69.0 Å². The van der Waals surface area contributed by atoms with Gasteiger partial charge in [0.05, 0.1) is 10.6 Å². The van der Waals surface area contributed by atoms with Crippen LogP contribution >= 0.6 is 39.1 Å². The highest BCUT2D eigenvalue weighted by atomic mass is 79.9. The molecular formula is C27H28BrCl2N3O4S. The van der Waals surface area contributed by atoms with Crippen LogP contribution in [0.1, 0.15) is 25.0 Å². The number of benzene rings is 3. The number of nitrogens with zero attached hydrogens (tertiary/aromatic N) is 2. The molecule has 0 bridgehead atoms. The first-order valence-corrected chi connectivity index (χ1v) is 14.8. The Balaban J connectivity index is 2.07. The molecule has 0 saturated carbocycles. The zero-order valence-corrected chi connectivity index (χ0v) is 25.0. The lowest BCUT2D eigenvalue weighted by Gasteiger charge is -2.32. The minimum atomic E-state index is -4.15. The van der Waals surface area contributed by atoms with Crippen molar-refractivity contribution >= 4 is 66.7 Å². The molecule has 0 aromatic heterocycles. The Morgan fingerprint density at radius 1 is 1.00 bits per heavy atom. The Hall–Kier alpha value is -2.59. The van der Waals surface area contributed by atoms with E-state index in [1.165, 1.54) is 17.0 Å². The second kappa shape index (κ2) is 13.0. The number of hydrogen-bond acceptors (Lipinski definition) is 4. The SMILES string of the molecule is CCNC(=O)[C@@H](C)N(Cc1c(Cl)cccc1Cl)C(=O)CN(c1cccc(Br)c1)S(=O)(=O)c1ccc(C)cc1. The lowest BCUT2D eigenvalue weighted by atomic mass is 10.1. The summed E-state index contributed by atoms with van der Waals surface area (Å²) in [6.07, 6.45) is 0. The Kier molecular flexibility index (Phi) is 10.2. The van der Waals surface area contributed by atoms with Gasteiger partial charge in [-0.15, -0.1) is 0 Å². The Morgan fingerprint density at radius 2 is 1.61 bits per heavy atom. The van der Waals surface area contributed by atoms with Crippen LogP contribution in [-0.4, -0.2) is 44.3 Å². The van der Waals surface area contributed by atoms with Crippen LogP contribution in [0.4, 0.5) is 5.69 Å². The zero-order chi connectivity index (χ0) is 28.0. The number of amides is 2. The van der Waals surface area contributed by atoms with Gasteiger partial charge in [-0.2, -0.15) is 0 Å². The molecule has 3 aromatic carbocycles. The van der Waals surface area contributed by atoms with Crippen LogP contribution in [0.25, 0.3) is 0 Å². The number of nitrogens with one attached hydrogen (secondary N) is 1. The molecule has 3 rings (SSSR count). The van der Waals surface area contributed by atoms with Gasteiger partial charge >= 0.3 is 0 Å². The third kappa shape index (κ3) is 7.08. The number of carbonyl (C=O) groups is 2. The van der Waals surface area contributed by atoms with Gasteiger partial charge in [0.15, 0.2) is 0 Å². The van der Waals surface area contributed by atoms with E-state index in [2.05, 4.69) is 21.2 Å². The standard InChI is InChI=1S/C27H28BrCl2N3O4S/c1-4-31-27(35)19(3)32(16-23-24(29)9-6-10-25(23)30)26(34)17-33(21-8-5-7-20(28)15-21)38(36,37)22-13-11-18(2)12-14-22/h5-15,19H,4,16-17H2,1-3H3,(H,31,35)/t19-/m1/s1. The van der Waals surface area contributed by atoms with Crippen molar-refractivity contribution in [3.63, 3.8) is 0 Å². The van der Waals surface area contributed by atoms with Gasteiger partial charge in [0.1, 0.15) is 12.6 Å². The number of halogens is 3. The summed E-state index contributed by atoms with van der Waals surface area (Å²) in [7, 11) is -4.15. The normalized spacial score (nSPS) is 12.1. The summed E-state index contributed by atoms with van der Waals surface area (Å²) in [5.74, 6) is -0.991. The van der Waals surface area contributed by atoms with Crippen LogP contribution in [0.5, 0.6) is 0 Å². The van der Waals surface area contributed by atoms with Crippen molar-refractivity contribution in [3.05, 3.63) is 92.4 Å². The minimum Gasteiger partial charge on any atom is -0.355 e. The first kappa shape index (κ1) is 30.0. The molecule has 0 aliphatic rings. The summed E-state index contributed by atoms with van der Waals surface area (Å²) in [6.45, 7) is 4.91. The highest BCUT2D eigenvalue weighted by molar-refractivity contribution is 9.10. The van der Waals surface area contributed by atoms with Crippen molar-refractivity contribution in [2.75, 3.05) is 17.4 Å². The molecule has 2 amide bonds. The molecule has 3 aromatic rings. The van der Waals surface area contributed by atoms with Crippen molar-refractivity contribution in [2.24, 2.45) is 0 Å². The van der Waals surface area contributed by atoms with Gasteiger partial charge in [0.25, 0.3) is 10.0 Å². The number of anilines is 1. The number of aryl methyl sites for hydroxylation is 1. The molecule has 1 atom stereocenters.